The van der Waals surface area contributed by atoms with E-state index in [9.17, 15) is 13.7 Å². The van der Waals surface area contributed by atoms with Crippen molar-refractivity contribution in [3.63, 3.8) is 0 Å². The van der Waals surface area contributed by atoms with E-state index in [0.717, 1.165) is 11.1 Å². The average Bonchev–Trinajstić information content (AvgIpc) is 2.25. The van der Waals surface area contributed by atoms with Crippen LogP contribution in [0.15, 0.2) is 36.4 Å². The van der Waals surface area contributed by atoms with E-state index in [1.54, 1.807) is 26.0 Å². The lowest BCUT2D eigenvalue weighted by atomic mass is 10.2. The zero-order valence-electron chi connectivity index (χ0n) is 10.1. The molecule has 0 spiro atoms. The summed E-state index contributed by atoms with van der Waals surface area (Å²) in [4.78, 5) is 10.2. The lowest BCUT2D eigenvalue weighted by molar-refractivity contribution is 0.623. The molecule has 0 saturated heterocycles. The molecule has 2 rings (SSSR count). The van der Waals surface area contributed by atoms with Crippen LogP contribution in [0, 0.1) is 25.5 Å². The van der Waals surface area contributed by atoms with Gasteiger partial charge in [0, 0.05) is 10.6 Å². The Kier molecular flexibility index (Phi) is 3.74. The molecule has 0 aliphatic heterocycles. The molecule has 94 valence electrons. The zero-order valence-corrected chi connectivity index (χ0v) is 11.0. The second-order valence-corrected chi connectivity index (χ2v) is 5.94. The summed E-state index contributed by atoms with van der Waals surface area (Å²) in [5.41, 5.74) is 1.47. The third-order valence-electron chi connectivity index (χ3n) is 2.54. The van der Waals surface area contributed by atoms with E-state index in [0.29, 0.717) is 10.6 Å². The largest absolute Gasteiger partial charge is 0.364 e. The lowest BCUT2D eigenvalue weighted by Gasteiger charge is -2.13. The quantitative estimate of drug-likeness (QED) is 0.829. The maximum Gasteiger partial charge on any atom is 0.124 e. The summed E-state index contributed by atoms with van der Waals surface area (Å²) in [5.74, 6) is -0.778. The van der Waals surface area contributed by atoms with Crippen molar-refractivity contribution >= 4 is 18.8 Å². The minimum atomic E-state index is -1.72. The molecule has 0 radical (unpaired) electrons. The van der Waals surface area contributed by atoms with Gasteiger partial charge < -0.3 is 4.89 Å². The molecule has 0 fully saturated rings. The highest BCUT2D eigenvalue weighted by atomic mass is 31.1. The maximum absolute atomic E-state index is 13.3. The van der Waals surface area contributed by atoms with Crippen molar-refractivity contribution in [2.45, 2.75) is 13.8 Å². The van der Waals surface area contributed by atoms with Crippen molar-refractivity contribution in [1.82, 2.24) is 0 Å². The third kappa shape index (κ3) is 2.92. The van der Waals surface area contributed by atoms with Crippen LogP contribution in [0.3, 0.4) is 0 Å². The first kappa shape index (κ1) is 13.1. The second-order valence-electron chi connectivity index (χ2n) is 4.29. The molecule has 0 bridgehead atoms. The van der Waals surface area contributed by atoms with E-state index in [2.05, 4.69) is 0 Å². The van der Waals surface area contributed by atoms with Crippen LogP contribution in [0.4, 0.5) is 8.78 Å². The molecule has 0 amide bonds. The Hall–Kier alpha value is -1.31. The van der Waals surface area contributed by atoms with E-state index in [-0.39, 0.29) is 11.6 Å². The Morgan fingerprint density at radius 3 is 1.50 bits per heavy atom. The van der Waals surface area contributed by atoms with Crippen LogP contribution in [0.1, 0.15) is 11.1 Å². The minimum Gasteiger partial charge on any atom is -0.364 e. The topological polar surface area (TPSA) is 20.2 Å². The van der Waals surface area contributed by atoms with Crippen LogP contribution in [0.25, 0.3) is 0 Å². The SMILES string of the molecule is Cc1cc(F)cc(P(O)c2cc(C)cc(F)c2)c1. The monoisotopic (exact) mass is 266 g/mol. The third-order valence-corrected chi connectivity index (χ3v) is 4.04. The summed E-state index contributed by atoms with van der Waals surface area (Å²) in [7, 11) is -1.72. The highest BCUT2D eigenvalue weighted by Crippen LogP contribution is 2.29. The zero-order chi connectivity index (χ0) is 13.3. The van der Waals surface area contributed by atoms with Gasteiger partial charge in [-0.25, -0.2) is 8.78 Å². The molecule has 0 aliphatic carbocycles. The maximum atomic E-state index is 13.3. The molecule has 1 nitrogen and oxygen atoms in total. The van der Waals surface area contributed by atoms with Gasteiger partial charge in [0.25, 0.3) is 0 Å². The van der Waals surface area contributed by atoms with Gasteiger partial charge >= 0.3 is 0 Å². The molecular formula is C14H13F2OP. The van der Waals surface area contributed by atoms with Gasteiger partial charge in [0.2, 0.25) is 0 Å². The van der Waals surface area contributed by atoms with Gasteiger partial charge in [-0.05, 0) is 61.4 Å². The van der Waals surface area contributed by atoms with Gasteiger partial charge in [0.15, 0.2) is 0 Å². The Morgan fingerprint density at radius 1 is 0.778 bits per heavy atom. The van der Waals surface area contributed by atoms with Crippen molar-refractivity contribution in [3.8, 4) is 0 Å². The smallest absolute Gasteiger partial charge is 0.124 e. The van der Waals surface area contributed by atoms with Gasteiger partial charge in [0.1, 0.15) is 11.6 Å². The second kappa shape index (κ2) is 5.13. The first-order valence-electron chi connectivity index (χ1n) is 5.49. The first-order valence-corrected chi connectivity index (χ1v) is 6.78. The molecule has 0 aliphatic rings. The Bertz CT molecular complexity index is 492. The Labute approximate surface area is 106 Å². The molecule has 0 unspecified atom stereocenters. The van der Waals surface area contributed by atoms with Crippen LogP contribution in [-0.2, 0) is 0 Å². The molecule has 4 heteroatoms. The lowest BCUT2D eigenvalue weighted by Crippen LogP contribution is -2.13. The summed E-state index contributed by atoms with van der Waals surface area (Å²) < 4.78 is 26.6. The van der Waals surface area contributed by atoms with Crippen molar-refractivity contribution in [3.05, 3.63) is 59.2 Å². The van der Waals surface area contributed by atoms with Crippen molar-refractivity contribution in [2.75, 3.05) is 0 Å². The van der Waals surface area contributed by atoms with Crippen LogP contribution in [-0.4, -0.2) is 4.89 Å². The number of aryl methyl sites for hydroxylation is 2. The predicted octanol–water partition coefficient (Wildman–Crippen LogP) is 2.92. The molecule has 2 aromatic rings. The number of hydrogen-bond donors (Lipinski definition) is 1. The molecule has 0 aromatic heterocycles. The van der Waals surface area contributed by atoms with E-state index in [1.807, 2.05) is 0 Å². The van der Waals surface area contributed by atoms with E-state index in [1.165, 1.54) is 24.3 Å². The number of rotatable bonds is 2. The fraction of sp³-hybridized carbons (Fsp3) is 0.143. The average molecular weight is 266 g/mol. The summed E-state index contributed by atoms with van der Waals surface area (Å²) in [6.07, 6.45) is 0. The number of benzene rings is 2. The molecule has 2 aromatic carbocycles. The molecule has 0 heterocycles. The van der Waals surface area contributed by atoms with Crippen molar-refractivity contribution < 1.29 is 13.7 Å². The van der Waals surface area contributed by atoms with Gasteiger partial charge in [0.05, 0.1) is 8.15 Å². The summed E-state index contributed by atoms with van der Waals surface area (Å²) >= 11 is 0. The molecule has 0 atom stereocenters. The Morgan fingerprint density at radius 2 is 1.17 bits per heavy atom. The number of halogens is 2. The van der Waals surface area contributed by atoms with Gasteiger partial charge in [-0.1, -0.05) is 0 Å². The predicted molar refractivity (Wildman–Crippen MR) is 70.7 cm³/mol. The van der Waals surface area contributed by atoms with Gasteiger partial charge in [-0.15, -0.1) is 0 Å². The van der Waals surface area contributed by atoms with Crippen LogP contribution in [0.5, 0.6) is 0 Å². The van der Waals surface area contributed by atoms with Crippen LogP contribution < -0.4 is 10.6 Å². The summed E-state index contributed by atoms with van der Waals surface area (Å²) in [6.45, 7) is 3.51. The van der Waals surface area contributed by atoms with Crippen molar-refractivity contribution in [1.29, 1.82) is 0 Å². The van der Waals surface area contributed by atoms with E-state index in [4.69, 9.17) is 0 Å². The van der Waals surface area contributed by atoms with Crippen molar-refractivity contribution in [2.24, 2.45) is 0 Å². The number of hydrogen-bond acceptors (Lipinski definition) is 1. The van der Waals surface area contributed by atoms with E-state index < -0.39 is 8.15 Å². The van der Waals surface area contributed by atoms with E-state index >= 15 is 0 Å². The fourth-order valence-electron chi connectivity index (χ4n) is 1.83. The summed E-state index contributed by atoms with van der Waals surface area (Å²) in [5, 5.41) is 0.986. The molecular weight excluding hydrogens is 253 g/mol. The molecule has 0 saturated carbocycles. The van der Waals surface area contributed by atoms with Crippen LogP contribution in [0.2, 0.25) is 0 Å². The van der Waals surface area contributed by atoms with Gasteiger partial charge in [-0.3, -0.25) is 0 Å². The Balaban J connectivity index is 2.43. The summed E-state index contributed by atoms with van der Waals surface area (Å²) in [6, 6.07) is 8.80. The molecule has 18 heavy (non-hydrogen) atoms. The normalized spacial score (nSPS) is 11.0. The minimum absolute atomic E-state index is 0.389. The standard InChI is InChI=1S/C14H13F2OP/c1-9-3-11(15)7-13(5-9)18(17)14-6-10(2)4-12(16)8-14/h3-8,17H,1-2H3. The van der Waals surface area contributed by atoms with Crippen LogP contribution >= 0.6 is 8.15 Å². The van der Waals surface area contributed by atoms with Gasteiger partial charge in [-0.2, -0.15) is 0 Å². The first-order chi connectivity index (χ1) is 8.45. The fourth-order valence-corrected chi connectivity index (χ4v) is 3.27. The molecule has 1 N–H and O–H groups in total. The highest BCUT2D eigenvalue weighted by Gasteiger charge is 2.13. The highest BCUT2D eigenvalue weighted by molar-refractivity contribution is 7.67.